The summed E-state index contributed by atoms with van der Waals surface area (Å²) in [6.45, 7) is 5.83. The Labute approximate surface area is 141 Å². The molecule has 1 unspecified atom stereocenters. The number of carbonyl (C=O) groups excluding carboxylic acids is 4. The second kappa shape index (κ2) is 8.81. The first kappa shape index (κ1) is 19.3. The van der Waals surface area contributed by atoms with Crippen LogP contribution in [0.5, 0.6) is 0 Å². The van der Waals surface area contributed by atoms with E-state index in [1.54, 1.807) is 25.2 Å². The molecule has 2 N–H and O–H groups in total. The fourth-order valence-corrected chi connectivity index (χ4v) is 2.60. The SMILES string of the molecule is CC.CCCC(C(=O)NC=O)N1C(=O)c2cccc(NC)c2C1=O. The highest BCUT2D eigenvalue weighted by atomic mass is 16.2. The van der Waals surface area contributed by atoms with E-state index in [9.17, 15) is 19.2 Å². The summed E-state index contributed by atoms with van der Waals surface area (Å²) < 4.78 is 0. The molecule has 0 aliphatic carbocycles. The van der Waals surface area contributed by atoms with Crippen molar-refractivity contribution in [3.05, 3.63) is 29.3 Å². The van der Waals surface area contributed by atoms with Gasteiger partial charge in [-0.1, -0.05) is 33.3 Å². The summed E-state index contributed by atoms with van der Waals surface area (Å²) in [5.74, 6) is -1.70. The van der Waals surface area contributed by atoms with E-state index in [1.807, 2.05) is 26.1 Å². The van der Waals surface area contributed by atoms with Gasteiger partial charge < -0.3 is 5.32 Å². The summed E-state index contributed by atoms with van der Waals surface area (Å²) in [7, 11) is 1.65. The number of anilines is 1. The number of benzene rings is 1. The van der Waals surface area contributed by atoms with Gasteiger partial charge in [-0.25, -0.2) is 0 Å². The Balaban J connectivity index is 0.00000139. The number of hydrogen-bond donors (Lipinski definition) is 2. The van der Waals surface area contributed by atoms with E-state index in [0.29, 0.717) is 18.5 Å². The van der Waals surface area contributed by atoms with Crippen LogP contribution in [-0.2, 0) is 9.59 Å². The number of nitrogens with zero attached hydrogens (tertiary/aromatic N) is 1. The maximum atomic E-state index is 12.6. The second-order valence-electron chi connectivity index (χ2n) is 4.89. The van der Waals surface area contributed by atoms with E-state index in [2.05, 4.69) is 5.32 Å². The zero-order valence-corrected chi connectivity index (χ0v) is 14.4. The molecule has 2 rings (SSSR count). The van der Waals surface area contributed by atoms with Crippen molar-refractivity contribution in [1.82, 2.24) is 10.2 Å². The summed E-state index contributed by atoms with van der Waals surface area (Å²) >= 11 is 0. The average Bonchev–Trinajstić information content (AvgIpc) is 2.86. The first-order valence-corrected chi connectivity index (χ1v) is 7.99. The smallest absolute Gasteiger partial charge is 0.264 e. The third kappa shape index (κ3) is 3.45. The molecule has 1 aromatic rings. The van der Waals surface area contributed by atoms with Crippen molar-refractivity contribution >= 4 is 29.8 Å². The van der Waals surface area contributed by atoms with Gasteiger partial charge in [0.2, 0.25) is 12.3 Å². The summed E-state index contributed by atoms with van der Waals surface area (Å²) in [6, 6.07) is 3.91. The van der Waals surface area contributed by atoms with Crippen molar-refractivity contribution in [3.8, 4) is 0 Å². The largest absolute Gasteiger partial charge is 0.387 e. The van der Waals surface area contributed by atoms with Crippen LogP contribution in [0.2, 0.25) is 0 Å². The standard InChI is InChI=1S/C15H17N3O4.C2H6/c1-3-5-11(13(20)17-8-19)18-14(21)9-6-4-7-10(16-2)12(9)15(18)22;1-2/h4,6-8,11,16H,3,5H2,1-2H3,(H,17,19,20);1-2H3. The van der Waals surface area contributed by atoms with Crippen molar-refractivity contribution in [1.29, 1.82) is 0 Å². The topological polar surface area (TPSA) is 95.6 Å². The zero-order chi connectivity index (χ0) is 18.3. The highest BCUT2D eigenvalue weighted by Crippen LogP contribution is 2.31. The molecule has 0 bridgehead atoms. The van der Waals surface area contributed by atoms with Crippen molar-refractivity contribution in [2.75, 3.05) is 12.4 Å². The molecule has 0 saturated heterocycles. The Bertz CT molecular complexity index is 643. The average molecular weight is 333 g/mol. The third-order valence-electron chi connectivity index (χ3n) is 3.59. The molecule has 7 heteroatoms. The first-order chi connectivity index (χ1) is 11.6. The van der Waals surface area contributed by atoms with Gasteiger partial charge in [0.25, 0.3) is 11.8 Å². The molecule has 24 heavy (non-hydrogen) atoms. The van der Waals surface area contributed by atoms with Gasteiger partial charge in [0, 0.05) is 12.7 Å². The van der Waals surface area contributed by atoms with Gasteiger partial charge in [0.05, 0.1) is 11.1 Å². The van der Waals surface area contributed by atoms with Gasteiger partial charge in [0.15, 0.2) is 0 Å². The Morgan fingerprint density at radius 3 is 2.46 bits per heavy atom. The third-order valence-corrected chi connectivity index (χ3v) is 3.59. The summed E-state index contributed by atoms with van der Waals surface area (Å²) in [5.41, 5.74) is 1.05. The zero-order valence-electron chi connectivity index (χ0n) is 14.4. The van der Waals surface area contributed by atoms with Crippen LogP contribution in [0, 0.1) is 0 Å². The number of imide groups is 2. The molecule has 7 nitrogen and oxygen atoms in total. The normalized spacial score (nSPS) is 13.6. The summed E-state index contributed by atoms with van der Waals surface area (Å²) in [6.07, 6.45) is 1.13. The molecule has 1 aliphatic heterocycles. The predicted molar refractivity (Wildman–Crippen MR) is 90.7 cm³/mol. The molecular formula is C17H23N3O4. The number of rotatable bonds is 6. The minimum absolute atomic E-state index is 0.252. The quantitative estimate of drug-likeness (QED) is 0.611. The van der Waals surface area contributed by atoms with Crippen molar-refractivity contribution < 1.29 is 19.2 Å². The van der Waals surface area contributed by atoms with Crippen molar-refractivity contribution in [2.45, 2.75) is 39.7 Å². The molecule has 0 radical (unpaired) electrons. The van der Waals surface area contributed by atoms with Crippen molar-refractivity contribution in [3.63, 3.8) is 0 Å². The van der Waals surface area contributed by atoms with Gasteiger partial charge in [-0.2, -0.15) is 0 Å². The molecule has 1 heterocycles. The van der Waals surface area contributed by atoms with Crippen LogP contribution in [0.1, 0.15) is 54.3 Å². The lowest BCUT2D eigenvalue weighted by atomic mass is 10.1. The lowest BCUT2D eigenvalue weighted by Gasteiger charge is -2.24. The first-order valence-electron chi connectivity index (χ1n) is 7.99. The highest BCUT2D eigenvalue weighted by molar-refractivity contribution is 6.25. The molecule has 0 saturated carbocycles. The van der Waals surface area contributed by atoms with Gasteiger partial charge in [-0.05, 0) is 18.6 Å². The number of hydrogen-bond acceptors (Lipinski definition) is 5. The molecule has 130 valence electrons. The van der Waals surface area contributed by atoms with Gasteiger partial charge in [-0.3, -0.25) is 29.4 Å². The van der Waals surface area contributed by atoms with Crippen LogP contribution < -0.4 is 10.6 Å². The summed E-state index contributed by atoms with van der Waals surface area (Å²) in [4.78, 5) is 48.6. The van der Waals surface area contributed by atoms with Crippen LogP contribution in [0.3, 0.4) is 0 Å². The molecule has 0 fully saturated rings. The molecular weight excluding hydrogens is 310 g/mol. The second-order valence-corrected chi connectivity index (χ2v) is 4.89. The number of nitrogens with one attached hydrogen (secondary N) is 2. The monoisotopic (exact) mass is 333 g/mol. The van der Waals surface area contributed by atoms with Gasteiger partial charge >= 0.3 is 0 Å². The Morgan fingerprint density at radius 1 is 1.25 bits per heavy atom. The molecule has 0 aromatic heterocycles. The van der Waals surface area contributed by atoms with E-state index in [0.717, 1.165) is 4.90 Å². The van der Waals surface area contributed by atoms with E-state index in [1.165, 1.54) is 0 Å². The van der Waals surface area contributed by atoms with E-state index in [4.69, 9.17) is 0 Å². The molecule has 1 atom stereocenters. The number of fused-ring (bicyclic) bond motifs is 1. The minimum Gasteiger partial charge on any atom is -0.387 e. The van der Waals surface area contributed by atoms with Crippen molar-refractivity contribution in [2.24, 2.45) is 0 Å². The fraction of sp³-hybridized carbons (Fsp3) is 0.412. The maximum absolute atomic E-state index is 12.6. The van der Waals surface area contributed by atoms with E-state index < -0.39 is 23.8 Å². The predicted octanol–water partition coefficient (Wildman–Crippen LogP) is 1.79. The summed E-state index contributed by atoms with van der Waals surface area (Å²) in [5, 5.41) is 4.89. The Hall–Kier alpha value is -2.70. The molecule has 1 aliphatic rings. The number of amides is 4. The van der Waals surface area contributed by atoms with Crippen LogP contribution in [0.4, 0.5) is 5.69 Å². The Kier molecular flexibility index (Phi) is 7.10. The van der Waals surface area contributed by atoms with Gasteiger partial charge in [-0.15, -0.1) is 0 Å². The fourth-order valence-electron chi connectivity index (χ4n) is 2.60. The molecule has 1 aromatic carbocycles. The maximum Gasteiger partial charge on any atom is 0.264 e. The molecule has 4 amide bonds. The lowest BCUT2D eigenvalue weighted by Crippen LogP contribution is -2.49. The Morgan fingerprint density at radius 2 is 1.92 bits per heavy atom. The van der Waals surface area contributed by atoms with E-state index >= 15 is 0 Å². The number of carbonyl (C=O) groups is 4. The van der Waals surface area contributed by atoms with E-state index in [-0.39, 0.29) is 17.5 Å². The minimum atomic E-state index is -0.993. The lowest BCUT2D eigenvalue weighted by molar-refractivity contribution is -0.128. The highest BCUT2D eigenvalue weighted by Gasteiger charge is 2.43. The van der Waals surface area contributed by atoms with Crippen LogP contribution in [0.25, 0.3) is 0 Å². The van der Waals surface area contributed by atoms with Crippen LogP contribution >= 0.6 is 0 Å². The van der Waals surface area contributed by atoms with Crippen LogP contribution in [-0.4, -0.2) is 42.1 Å². The van der Waals surface area contributed by atoms with Crippen LogP contribution in [0.15, 0.2) is 18.2 Å². The molecule has 0 spiro atoms. The van der Waals surface area contributed by atoms with Gasteiger partial charge in [0.1, 0.15) is 6.04 Å².